The van der Waals surface area contributed by atoms with Gasteiger partial charge in [0.25, 0.3) is 0 Å². The molecule has 0 atom stereocenters. The van der Waals surface area contributed by atoms with Crippen LogP contribution in [0.3, 0.4) is 0 Å². The summed E-state index contributed by atoms with van der Waals surface area (Å²) in [6.45, 7) is 2.00. The summed E-state index contributed by atoms with van der Waals surface area (Å²) in [7, 11) is 1.55. The minimum atomic E-state index is 0.284. The molecule has 1 heterocycles. The Bertz CT molecular complexity index is 277. The molecule has 0 aromatic carbocycles. The molecule has 2 N–H and O–H groups in total. The van der Waals surface area contributed by atoms with Crippen LogP contribution in [0.25, 0.3) is 0 Å². The van der Waals surface area contributed by atoms with Gasteiger partial charge in [0.15, 0.2) is 0 Å². The molecule has 0 aliphatic carbocycles. The summed E-state index contributed by atoms with van der Waals surface area (Å²) in [5.74, 6) is 0. The Morgan fingerprint density at radius 2 is 2.00 bits per heavy atom. The van der Waals surface area contributed by atoms with Gasteiger partial charge >= 0.3 is 6.01 Å². The van der Waals surface area contributed by atoms with Crippen LogP contribution in [-0.2, 0) is 6.54 Å². The van der Waals surface area contributed by atoms with E-state index in [2.05, 4.69) is 15.3 Å². The molecule has 0 saturated carbocycles. The highest BCUT2D eigenvalue weighted by molar-refractivity contribution is 5.06. The van der Waals surface area contributed by atoms with E-state index in [4.69, 9.17) is 9.84 Å². The summed E-state index contributed by atoms with van der Waals surface area (Å²) in [5, 5.41) is 11.9. The Hall–Kier alpha value is -1.20. The molecule has 5 heteroatoms. The number of rotatable bonds is 8. The van der Waals surface area contributed by atoms with Crippen molar-refractivity contribution < 1.29 is 9.84 Å². The van der Waals surface area contributed by atoms with E-state index in [0.717, 1.165) is 37.9 Å². The first-order chi connectivity index (χ1) is 7.86. The standard InChI is InChI=1S/C11H19N3O2/c1-16-11-13-8-10(9-14-11)7-12-5-3-2-4-6-15/h8-9,12,15H,2-7H2,1H3. The van der Waals surface area contributed by atoms with Gasteiger partial charge in [-0.3, -0.25) is 0 Å². The molecular formula is C11H19N3O2. The Morgan fingerprint density at radius 1 is 1.25 bits per heavy atom. The van der Waals surface area contributed by atoms with Gasteiger partial charge in [-0.15, -0.1) is 0 Å². The maximum Gasteiger partial charge on any atom is 0.316 e. The minimum Gasteiger partial charge on any atom is -0.467 e. The number of hydrogen-bond acceptors (Lipinski definition) is 5. The maximum atomic E-state index is 8.60. The molecule has 0 aliphatic rings. The van der Waals surface area contributed by atoms with Crippen molar-refractivity contribution in [1.29, 1.82) is 0 Å². The second-order valence-electron chi connectivity index (χ2n) is 3.54. The highest BCUT2D eigenvalue weighted by Crippen LogP contribution is 2.01. The smallest absolute Gasteiger partial charge is 0.316 e. The molecule has 1 rings (SSSR count). The van der Waals surface area contributed by atoms with Crippen LogP contribution in [0.15, 0.2) is 12.4 Å². The van der Waals surface area contributed by atoms with Crippen LogP contribution in [0.1, 0.15) is 24.8 Å². The summed E-state index contributed by atoms with van der Waals surface area (Å²) in [6.07, 6.45) is 6.53. The van der Waals surface area contributed by atoms with E-state index in [1.54, 1.807) is 19.5 Å². The SMILES string of the molecule is COc1ncc(CNCCCCCO)cn1. The van der Waals surface area contributed by atoms with Gasteiger partial charge in [-0.25, -0.2) is 9.97 Å². The van der Waals surface area contributed by atoms with Crippen LogP contribution < -0.4 is 10.1 Å². The van der Waals surface area contributed by atoms with Crippen molar-refractivity contribution in [1.82, 2.24) is 15.3 Å². The fourth-order valence-corrected chi connectivity index (χ4v) is 1.31. The highest BCUT2D eigenvalue weighted by Gasteiger charge is 1.96. The molecule has 90 valence electrons. The molecular weight excluding hydrogens is 206 g/mol. The zero-order chi connectivity index (χ0) is 11.6. The molecule has 0 bridgehead atoms. The number of nitrogens with zero attached hydrogens (tertiary/aromatic N) is 2. The number of unbranched alkanes of at least 4 members (excludes halogenated alkanes) is 2. The first-order valence-electron chi connectivity index (χ1n) is 5.53. The van der Waals surface area contributed by atoms with Crippen molar-refractivity contribution >= 4 is 0 Å². The molecule has 0 amide bonds. The van der Waals surface area contributed by atoms with Crippen molar-refractivity contribution in [3.8, 4) is 6.01 Å². The van der Waals surface area contributed by atoms with Gasteiger partial charge in [0.05, 0.1) is 7.11 Å². The van der Waals surface area contributed by atoms with Crippen molar-refractivity contribution in [2.24, 2.45) is 0 Å². The predicted molar refractivity (Wildman–Crippen MR) is 61.2 cm³/mol. The molecule has 16 heavy (non-hydrogen) atoms. The third-order valence-corrected chi connectivity index (χ3v) is 2.20. The van der Waals surface area contributed by atoms with Gasteiger partial charge in [0.2, 0.25) is 0 Å². The minimum absolute atomic E-state index is 0.284. The number of methoxy groups -OCH3 is 1. The lowest BCUT2D eigenvalue weighted by Gasteiger charge is -2.04. The molecule has 0 radical (unpaired) electrons. The summed E-state index contributed by atoms with van der Waals surface area (Å²) >= 11 is 0. The van der Waals surface area contributed by atoms with Crippen LogP contribution in [0.5, 0.6) is 6.01 Å². The van der Waals surface area contributed by atoms with Crippen molar-refractivity contribution in [2.45, 2.75) is 25.8 Å². The van der Waals surface area contributed by atoms with Gasteiger partial charge in [-0.2, -0.15) is 0 Å². The van der Waals surface area contributed by atoms with E-state index in [9.17, 15) is 0 Å². The Morgan fingerprint density at radius 3 is 2.62 bits per heavy atom. The Labute approximate surface area is 95.9 Å². The van der Waals surface area contributed by atoms with E-state index < -0.39 is 0 Å². The fraction of sp³-hybridized carbons (Fsp3) is 0.636. The molecule has 0 spiro atoms. The van der Waals surface area contributed by atoms with Crippen molar-refractivity contribution in [3.05, 3.63) is 18.0 Å². The normalized spacial score (nSPS) is 10.4. The Balaban J connectivity index is 2.12. The number of hydrogen-bond donors (Lipinski definition) is 2. The molecule has 0 aliphatic heterocycles. The summed E-state index contributed by atoms with van der Waals surface area (Å²) in [5.41, 5.74) is 1.04. The summed E-state index contributed by atoms with van der Waals surface area (Å²) in [6, 6.07) is 0.395. The topological polar surface area (TPSA) is 67.3 Å². The summed E-state index contributed by atoms with van der Waals surface area (Å²) < 4.78 is 4.87. The van der Waals surface area contributed by atoms with E-state index in [0.29, 0.717) is 6.01 Å². The fourth-order valence-electron chi connectivity index (χ4n) is 1.31. The Kier molecular flexibility index (Phi) is 6.44. The van der Waals surface area contributed by atoms with E-state index in [-0.39, 0.29) is 6.61 Å². The highest BCUT2D eigenvalue weighted by atomic mass is 16.5. The lowest BCUT2D eigenvalue weighted by Crippen LogP contribution is -2.15. The number of ether oxygens (including phenoxy) is 1. The van der Waals surface area contributed by atoms with Crippen LogP contribution in [0, 0.1) is 0 Å². The molecule has 1 aromatic heterocycles. The molecule has 0 unspecified atom stereocenters. The predicted octanol–water partition coefficient (Wildman–Crippen LogP) is 0.737. The second kappa shape index (κ2) is 8.01. The summed E-state index contributed by atoms with van der Waals surface area (Å²) in [4.78, 5) is 8.04. The molecule has 1 aromatic rings. The number of aromatic nitrogens is 2. The van der Waals surface area contributed by atoms with E-state index >= 15 is 0 Å². The molecule has 0 saturated heterocycles. The third kappa shape index (κ3) is 5.04. The van der Waals surface area contributed by atoms with Crippen molar-refractivity contribution in [2.75, 3.05) is 20.3 Å². The van der Waals surface area contributed by atoms with Crippen LogP contribution >= 0.6 is 0 Å². The van der Waals surface area contributed by atoms with Crippen LogP contribution in [0.4, 0.5) is 0 Å². The maximum absolute atomic E-state index is 8.60. The van der Waals surface area contributed by atoms with E-state index in [1.807, 2.05) is 0 Å². The number of aliphatic hydroxyl groups is 1. The van der Waals surface area contributed by atoms with E-state index in [1.165, 1.54) is 0 Å². The lowest BCUT2D eigenvalue weighted by molar-refractivity contribution is 0.283. The average Bonchev–Trinajstić information content (AvgIpc) is 2.34. The van der Waals surface area contributed by atoms with Gasteiger partial charge in [0, 0.05) is 31.1 Å². The quantitative estimate of drug-likeness (QED) is 0.639. The van der Waals surface area contributed by atoms with Gasteiger partial charge in [0.1, 0.15) is 0 Å². The molecule has 0 fully saturated rings. The monoisotopic (exact) mass is 225 g/mol. The largest absolute Gasteiger partial charge is 0.467 e. The average molecular weight is 225 g/mol. The lowest BCUT2D eigenvalue weighted by atomic mass is 10.2. The third-order valence-electron chi connectivity index (χ3n) is 2.20. The number of aliphatic hydroxyl groups excluding tert-OH is 1. The first kappa shape index (κ1) is 12.9. The second-order valence-corrected chi connectivity index (χ2v) is 3.54. The zero-order valence-corrected chi connectivity index (χ0v) is 9.65. The van der Waals surface area contributed by atoms with Crippen LogP contribution in [-0.4, -0.2) is 35.3 Å². The van der Waals surface area contributed by atoms with Gasteiger partial charge < -0.3 is 15.2 Å². The number of nitrogens with one attached hydrogen (secondary N) is 1. The first-order valence-corrected chi connectivity index (χ1v) is 5.53. The molecule has 5 nitrogen and oxygen atoms in total. The van der Waals surface area contributed by atoms with Crippen molar-refractivity contribution in [3.63, 3.8) is 0 Å². The van der Waals surface area contributed by atoms with Gasteiger partial charge in [-0.1, -0.05) is 0 Å². The zero-order valence-electron chi connectivity index (χ0n) is 9.65. The van der Waals surface area contributed by atoms with Gasteiger partial charge in [-0.05, 0) is 25.8 Å². The van der Waals surface area contributed by atoms with Crippen LogP contribution in [0.2, 0.25) is 0 Å².